The van der Waals surface area contributed by atoms with Crippen molar-refractivity contribution in [2.75, 3.05) is 19.0 Å². The first-order chi connectivity index (χ1) is 6.76. The minimum atomic E-state index is 0.300. The number of aromatic nitrogens is 1. The number of hydrogen-bond donors (Lipinski definition) is 1. The number of halogens is 1. The lowest BCUT2D eigenvalue weighted by Gasteiger charge is -2.16. The van der Waals surface area contributed by atoms with Gasteiger partial charge < -0.3 is 10.1 Å². The average Bonchev–Trinajstić information content (AvgIpc) is 2.20. The molecule has 0 saturated heterocycles. The second-order valence-corrected chi connectivity index (χ2v) is 3.50. The van der Waals surface area contributed by atoms with E-state index in [9.17, 15) is 0 Å². The Hall–Kier alpha value is -0.800. The summed E-state index contributed by atoms with van der Waals surface area (Å²) in [4.78, 5) is 4.15. The van der Waals surface area contributed by atoms with Crippen LogP contribution in [0.5, 0.6) is 0 Å². The third-order valence-corrected chi connectivity index (χ3v) is 2.16. The van der Waals surface area contributed by atoms with E-state index in [1.165, 1.54) is 0 Å². The first kappa shape index (κ1) is 11.3. The minimum absolute atomic E-state index is 0.300. The molecule has 0 aliphatic heterocycles. The summed E-state index contributed by atoms with van der Waals surface area (Å²) in [6.07, 6.45) is 2.63. The van der Waals surface area contributed by atoms with Gasteiger partial charge in [0.1, 0.15) is 5.82 Å². The highest BCUT2D eigenvalue weighted by atomic mass is 35.5. The monoisotopic (exact) mass is 214 g/mol. The summed E-state index contributed by atoms with van der Waals surface area (Å²) in [5.41, 5.74) is 0. The van der Waals surface area contributed by atoms with Gasteiger partial charge in [0.25, 0.3) is 0 Å². The van der Waals surface area contributed by atoms with E-state index in [2.05, 4.69) is 17.2 Å². The van der Waals surface area contributed by atoms with Crippen LogP contribution < -0.4 is 5.32 Å². The second-order valence-electron chi connectivity index (χ2n) is 3.07. The lowest BCUT2D eigenvalue weighted by molar-refractivity contribution is 0.184. The molecule has 0 aliphatic rings. The van der Waals surface area contributed by atoms with Gasteiger partial charge in [-0.05, 0) is 18.6 Å². The van der Waals surface area contributed by atoms with E-state index in [-0.39, 0.29) is 0 Å². The Balaban J connectivity index is 2.53. The van der Waals surface area contributed by atoms with Crippen molar-refractivity contribution < 1.29 is 4.74 Å². The summed E-state index contributed by atoms with van der Waals surface area (Å²) in [5.74, 6) is 0.832. The highest BCUT2D eigenvalue weighted by molar-refractivity contribution is 6.30. The Labute approximate surface area is 89.4 Å². The van der Waals surface area contributed by atoms with Gasteiger partial charge >= 0.3 is 0 Å². The first-order valence-electron chi connectivity index (χ1n) is 4.63. The third kappa shape index (κ3) is 3.52. The number of ether oxygens (including phenoxy) is 1. The highest BCUT2D eigenvalue weighted by Gasteiger charge is 2.05. The fourth-order valence-corrected chi connectivity index (χ4v) is 1.24. The van der Waals surface area contributed by atoms with Gasteiger partial charge in [-0.2, -0.15) is 0 Å². The Morgan fingerprint density at radius 2 is 2.36 bits per heavy atom. The Morgan fingerprint density at radius 3 is 2.86 bits per heavy atom. The van der Waals surface area contributed by atoms with Gasteiger partial charge in [0, 0.05) is 13.3 Å². The molecule has 0 bridgehead atoms. The number of hydrogen-bond acceptors (Lipinski definition) is 3. The van der Waals surface area contributed by atoms with E-state index in [4.69, 9.17) is 16.3 Å². The molecular weight excluding hydrogens is 200 g/mol. The lowest BCUT2D eigenvalue weighted by atomic mass is 10.2. The molecule has 0 amide bonds. The number of rotatable bonds is 5. The van der Waals surface area contributed by atoms with Crippen molar-refractivity contribution in [3.63, 3.8) is 0 Å². The summed E-state index contributed by atoms with van der Waals surface area (Å²) < 4.78 is 5.07. The van der Waals surface area contributed by atoms with Crippen LogP contribution in [0.3, 0.4) is 0 Å². The molecule has 0 spiro atoms. The first-order valence-corrected chi connectivity index (χ1v) is 5.01. The molecule has 0 aromatic carbocycles. The van der Waals surface area contributed by atoms with Crippen LogP contribution in [0.2, 0.25) is 5.02 Å². The van der Waals surface area contributed by atoms with E-state index in [1.807, 2.05) is 12.1 Å². The zero-order chi connectivity index (χ0) is 10.4. The third-order valence-electron chi connectivity index (χ3n) is 1.94. The number of pyridine rings is 1. The molecule has 14 heavy (non-hydrogen) atoms. The molecule has 4 heteroatoms. The van der Waals surface area contributed by atoms with Crippen molar-refractivity contribution >= 4 is 17.4 Å². The summed E-state index contributed by atoms with van der Waals surface area (Å²) in [7, 11) is 1.69. The number of nitrogens with zero attached hydrogens (tertiary/aromatic N) is 1. The molecule has 0 fully saturated rings. The van der Waals surface area contributed by atoms with Gasteiger partial charge in [-0.1, -0.05) is 18.5 Å². The van der Waals surface area contributed by atoms with Crippen LogP contribution in [-0.2, 0) is 4.74 Å². The topological polar surface area (TPSA) is 34.1 Å². The Kier molecular flexibility index (Phi) is 4.70. The fourth-order valence-electron chi connectivity index (χ4n) is 1.13. The van der Waals surface area contributed by atoms with Crippen LogP contribution in [-0.4, -0.2) is 24.7 Å². The molecule has 1 N–H and O–H groups in total. The van der Waals surface area contributed by atoms with Crippen LogP contribution in [0.1, 0.15) is 13.3 Å². The van der Waals surface area contributed by atoms with Crippen molar-refractivity contribution in [2.24, 2.45) is 0 Å². The van der Waals surface area contributed by atoms with E-state index in [0.717, 1.165) is 12.2 Å². The smallest absolute Gasteiger partial charge is 0.126 e. The van der Waals surface area contributed by atoms with Crippen molar-refractivity contribution in [1.82, 2.24) is 4.98 Å². The molecule has 1 unspecified atom stereocenters. The van der Waals surface area contributed by atoms with Crippen LogP contribution >= 0.6 is 11.6 Å². The number of nitrogens with one attached hydrogen (secondary N) is 1. The maximum absolute atomic E-state index is 5.73. The Bertz CT molecular complexity index is 263. The summed E-state index contributed by atoms with van der Waals surface area (Å²) >= 11 is 5.73. The van der Waals surface area contributed by atoms with Crippen molar-refractivity contribution in [3.8, 4) is 0 Å². The predicted molar refractivity (Wildman–Crippen MR) is 58.8 cm³/mol. The molecule has 1 atom stereocenters. The molecule has 1 heterocycles. The average molecular weight is 215 g/mol. The molecular formula is C10H15ClN2O. The van der Waals surface area contributed by atoms with Crippen molar-refractivity contribution in [2.45, 2.75) is 19.4 Å². The maximum Gasteiger partial charge on any atom is 0.126 e. The zero-order valence-corrected chi connectivity index (χ0v) is 9.21. The summed E-state index contributed by atoms with van der Waals surface area (Å²) in [6.45, 7) is 2.79. The molecule has 78 valence electrons. The minimum Gasteiger partial charge on any atom is -0.383 e. The maximum atomic E-state index is 5.73. The summed E-state index contributed by atoms with van der Waals surface area (Å²) in [5, 5.41) is 3.91. The number of anilines is 1. The molecule has 0 saturated carbocycles. The van der Waals surface area contributed by atoms with E-state index < -0.39 is 0 Å². The highest BCUT2D eigenvalue weighted by Crippen LogP contribution is 2.11. The molecule has 0 aliphatic carbocycles. The van der Waals surface area contributed by atoms with Gasteiger partial charge in [-0.25, -0.2) is 4.98 Å². The molecule has 1 rings (SSSR count). The fraction of sp³-hybridized carbons (Fsp3) is 0.500. The van der Waals surface area contributed by atoms with Crippen LogP contribution in [0.4, 0.5) is 5.82 Å². The van der Waals surface area contributed by atoms with Gasteiger partial charge in [-0.3, -0.25) is 0 Å². The van der Waals surface area contributed by atoms with Crippen LogP contribution in [0.25, 0.3) is 0 Å². The van der Waals surface area contributed by atoms with Gasteiger partial charge in [0.05, 0.1) is 17.7 Å². The Morgan fingerprint density at radius 1 is 1.57 bits per heavy atom. The second kappa shape index (κ2) is 5.83. The van der Waals surface area contributed by atoms with Crippen LogP contribution in [0, 0.1) is 0 Å². The summed E-state index contributed by atoms with van der Waals surface area (Å²) in [6, 6.07) is 3.98. The SMILES string of the molecule is CCC(COC)Nc1ccc(Cl)cn1. The molecule has 1 aromatic rings. The van der Waals surface area contributed by atoms with Gasteiger partial charge in [0.15, 0.2) is 0 Å². The van der Waals surface area contributed by atoms with Crippen molar-refractivity contribution in [1.29, 1.82) is 0 Å². The number of methoxy groups -OCH3 is 1. The standard InChI is InChI=1S/C10H15ClN2O/c1-3-9(7-14-2)13-10-5-4-8(11)6-12-10/h4-6,9H,3,7H2,1-2H3,(H,12,13). The van der Waals surface area contributed by atoms with Gasteiger partial charge in [-0.15, -0.1) is 0 Å². The molecule has 0 radical (unpaired) electrons. The predicted octanol–water partition coefficient (Wildman–Crippen LogP) is 2.57. The van der Waals surface area contributed by atoms with E-state index >= 15 is 0 Å². The molecule has 1 aromatic heterocycles. The normalized spacial score (nSPS) is 12.5. The van der Waals surface area contributed by atoms with E-state index in [0.29, 0.717) is 17.7 Å². The van der Waals surface area contributed by atoms with Crippen LogP contribution in [0.15, 0.2) is 18.3 Å². The quantitative estimate of drug-likeness (QED) is 0.818. The zero-order valence-electron chi connectivity index (χ0n) is 8.46. The van der Waals surface area contributed by atoms with Crippen molar-refractivity contribution in [3.05, 3.63) is 23.4 Å². The van der Waals surface area contributed by atoms with E-state index in [1.54, 1.807) is 13.3 Å². The lowest BCUT2D eigenvalue weighted by Crippen LogP contribution is -2.24. The molecule has 3 nitrogen and oxygen atoms in total. The largest absolute Gasteiger partial charge is 0.383 e. The van der Waals surface area contributed by atoms with Gasteiger partial charge in [0.2, 0.25) is 0 Å².